The van der Waals surface area contributed by atoms with Gasteiger partial charge < -0.3 is 10.6 Å². The van der Waals surface area contributed by atoms with Crippen molar-refractivity contribution in [3.63, 3.8) is 0 Å². The molecule has 2 aromatic heterocycles. The number of aromatic nitrogens is 3. The molecule has 3 rings (SSSR count). The Morgan fingerprint density at radius 2 is 1.75 bits per heavy atom. The molecule has 0 atom stereocenters. The van der Waals surface area contributed by atoms with E-state index in [0.717, 1.165) is 17.1 Å². The number of aryl methyl sites for hydroxylation is 1. The quantitative estimate of drug-likeness (QED) is 0.726. The lowest BCUT2D eigenvalue weighted by molar-refractivity contribution is 0.612. The van der Waals surface area contributed by atoms with Crippen molar-refractivity contribution in [2.75, 3.05) is 10.6 Å². The molecule has 6 heteroatoms. The Labute approximate surface area is 140 Å². The molecule has 2 N–H and O–H groups in total. The van der Waals surface area contributed by atoms with Crippen molar-refractivity contribution >= 4 is 11.8 Å². The topological polar surface area (TPSA) is 62.7 Å². The molecule has 1 aromatic carbocycles. The van der Waals surface area contributed by atoms with Gasteiger partial charge in [-0.25, -0.2) is 9.37 Å². The molecule has 0 saturated heterocycles. The first-order chi connectivity index (χ1) is 11.7. The van der Waals surface area contributed by atoms with Gasteiger partial charge in [-0.05, 0) is 30.7 Å². The van der Waals surface area contributed by atoms with E-state index in [1.54, 1.807) is 30.6 Å². The highest BCUT2D eigenvalue weighted by Gasteiger charge is 2.05. The molecule has 0 amide bonds. The van der Waals surface area contributed by atoms with E-state index >= 15 is 0 Å². The number of nitrogens with zero attached hydrogens (tertiary/aromatic N) is 3. The third-order valence-electron chi connectivity index (χ3n) is 3.47. The molecule has 3 aromatic rings. The van der Waals surface area contributed by atoms with Crippen LogP contribution in [-0.2, 0) is 13.1 Å². The van der Waals surface area contributed by atoms with Crippen LogP contribution in [0.3, 0.4) is 0 Å². The van der Waals surface area contributed by atoms with Crippen LogP contribution >= 0.6 is 0 Å². The van der Waals surface area contributed by atoms with E-state index in [0.29, 0.717) is 24.6 Å². The first-order valence-corrected chi connectivity index (χ1v) is 7.66. The lowest BCUT2D eigenvalue weighted by Crippen LogP contribution is -2.08. The maximum absolute atomic E-state index is 13.7. The average molecular weight is 323 g/mol. The second-order valence-corrected chi connectivity index (χ2v) is 5.37. The van der Waals surface area contributed by atoms with Gasteiger partial charge in [-0.1, -0.05) is 18.2 Å². The number of nitrogens with one attached hydrogen (secondary N) is 2. The summed E-state index contributed by atoms with van der Waals surface area (Å²) in [6, 6.07) is 12.4. The number of hydrogen-bond acceptors (Lipinski definition) is 5. The lowest BCUT2D eigenvalue weighted by Gasteiger charge is -2.10. The highest BCUT2D eigenvalue weighted by molar-refractivity contribution is 5.43. The molecular weight excluding hydrogens is 305 g/mol. The van der Waals surface area contributed by atoms with Crippen LogP contribution in [-0.4, -0.2) is 15.0 Å². The fourth-order valence-electron chi connectivity index (χ4n) is 2.25. The van der Waals surface area contributed by atoms with Gasteiger partial charge in [0.25, 0.3) is 0 Å². The molecule has 5 nitrogen and oxygen atoms in total. The predicted octanol–water partition coefficient (Wildman–Crippen LogP) is 3.54. The molecule has 0 fully saturated rings. The third-order valence-corrected chi connectivity index (χ3v) is 3.47. The van der Waals surface area contributed by atoms with Gasteiger partial charge >= 0.3 is 0 Å². The van der Waals surface area contributed by atoms with E-state index in [1.165, 1.54) is 6.07 Å². The van der Waals surface area contributed by atoms with Gasteiger partial charge in [0.2, 0.25) is 5.95 Å². The number of hydrogen-bond donors (Lipinski definition) is 2. The summed E-state index contributed by atoms with van der Waals surface area (Å²) >= 11 is 0. The molecule has 122 valence electrons. The fourth-order valence-corrected chi connectivity index (χ4v) is 2.25. The van der Waals surface area contributed by atoms with E-state index < -0.39 is 0 Å². The molecule has 0 bridgehead atoms. The van der Waals surface area contributed by atoms with E-state index in [1.807, 2.05) is 25.1 Å². The molecule has 0 unspecified atom stereocenters. The molecule has 0 aliphatic carbocycles. The summed E-state index contributed by atoms with van der Waals surface area (Å²) < 4.78 is 13.7. The Morgan fingerprint density at radius 3 is 2.54 bits per heavy atom. The summed E-state index contributed by atoms with van der Waals surface area (Å²) in [4.78, 5) is 12.8. The maximum Gasteiger partial charge on any atom is 0.225 e. The predicted molar refractivity (Wildman–Crippen MR) is 92.1 cm³/mol. The zero-order chi connectivity index (χ0) is 16.8. The van der Waals surface area contributed by atoms with Gasteiger partial charge in [-0.15, -0.1) is 0 Å². The minimum Gasteiger partial charge on any atom is -0.366 e. The zero-order valence-corrected chi connectivity index (χ0v) is 13.3. The van der Waals surface area contributed by atoms with Crippen LogP contribution in [0.15, 0.2) is 54.9 Å². The van der Waals surface area contributed by atoms with Gasteiger partial charge in [0, 0.05) is 42.8 Å². The summed E-state index contributed by atoms with van der Waals surface area (Å²) in [6.45, 7) is 2.87. The largest absolute Gasteiger partial charge is 0.366 e. The minimum atomic E-state index is -0.242. The number of rotatable bonds is 6. The van der Waals surface area contributed by atoms with E-state index in [-0.39, 0.29) is 5.82 Å². The van der Waals surface area contributed by atoms with Crippen LogP contribution < -0.4 is 10.6 Å². The Bertz CT molecular complexity index is 808. The Balaban J connectivity index is 1.66. The average Bonchev–Trinajstić information content (AvgIpc) is 2.60. The van der Waals surface area contributed by atoms with Crippen LogP contribution in [0.25, 0.3) is 0 Å². The summed E-state index contributed by atoms with van der Waals surface area (Å²) in [5, 5.41) is 6.33. The smallest absolute Gasteiger partial charge is 0.225 e. The van der Waals surface area contributed by atoms with Crippen molar-refractivity contribution in [1.82, 2.24) is 15.0 Å². The first kappa shape index (κ1) is 15.9. The molecule has 2 heterocycles. The molecule has 0 aliphatic heterocycles. The van der Waals surface area contributed by atoms with Gasteiger partial charge in [0.1, 0.15) is 11.6 Å². The molecule has 0 saturated carbocycles. The van der Waals surface area contributed by atoms with E-state index in [4.69, 9.17) is 0 Å². The summed E-state index contributed by atoms with van der Waals surface area (Å²) in [5.74, 6) is 0.944. The monoisotopic (exact) mass is 323 g/mol. The van der Waals surface area contributed by atoms with Gasteiger partial charge in [0.15, 0.2) is 0 Å². The van der Waals surface area contributed by atoms with Crippen LogP contribution in [0.5, 0.6) is 0 Å². The van der Waals surface area contributed by atoms with Gasteiger partial charge in [-0.2, -0.15) is 4.98 Å². The van der Waals surface area contributed by atoms with Crippen LogP contribution in [0, 0.1) is 12.7 Å². The standard InChI is InChI=1S/C18H18FN5/c1-13-10-17(21-11-14-6-8-20-9-7-14)24-18(23-13)22-12-15-4-2-3-5-16(15)19/h2-10H,11-12H2,1H3,(H2,21,22,23,24). The van der Waals surface area contributed by atoms with Crippen molar-refractivity contribution in [2.45, 2.75) is 20.0 Å². The molecule has 0 radical (unpaired) electrons. The normalized spacial score (nSPS) is 10.4. The van der Waals surface area contributed by atoms with E-state index in [9.17, 15) is 4.39 Å². The summed E-state index contributed by atoms with van der Waals surface area (Å²) in [6.07, 6.45) is 3.51. The number of benzene rings is 1. The van der Waals surface area contributed by atoms with Gasteiger partial charge in [-0.3, -0.25) is 4.98 Å². The van der Waals surface area contributed by atoms with Crippen molar-refractivity contribution in [1.29, 1.82) is 0 Å². The van der Waals surface area contributed by atoms with Crippen molar-refractivity contribution in [3.05, 3.63) is 77.5 Å². The van der Waals surface area contributed by atoms with Crippen molar-refractivity contribution < 1.29 is 4.39 Å². The van der Waals surface area contributed by atoms with Crippen LogP contribution in [0.1, 0.15) is 16.8 Å². The Kier molecular flexibility index (Phi) is 4.96. The van der Waals surface area contributed by atoms with E-state index in [2.05, 4.69) is 25.6 Å². The van der Waals surface area contributed by atoms with Crippen molar-refractivity contribution in [2.24, 2.45) is 0 Å². The molecule has 24 heavy (non-hydrogen) atoms. The minimum absolute atomic E-state index is 0.242. The second-order valence-electron chi connectivity index (χ2n) is 5.37. The van der Waals surface area contributed by atoms with Crippen molar-refractivity contribution in [3.8, 4) is 0 Å². The molecular formula is C18H18FN5. The summed E-state index contributed by atoms with van der Waals surface area (Å²) in [7, 11) is 0. The Hall–Kier alpha value is -3.02. The summed E-state index contributed by atoms with van der Waals surface area (Å²) in [5.41, 5.74) is 2.52. The highest BCUT2D eigenvalue weighted by Crippen LogP contribution is 2.13. The highest BCUT2D eigenvalue weighted by atomic mass is 19.1. The lowest BCUT2D eigenvalue weighted by atomic mass is 10.2. The molecule has 0 spiro atoms. The maximum atomic E-state index is 13.7. The zero-order valence-electron chi connectivity index (χ0n) is 13.3. The van der Waals surface area contributed by atoms with Crippen LogP contribution in [0.4, 0.5) is 16.2 Å². The Morgan fingerprint density at radius 1 is 0.958 bits per heavy atom. The fraction of sp³-hybridized carbons (Fsp3) is 0.167. The number of anilines is 2. The number of pyridine rings is 1. The molecule has 0 aliphatic rings. The van der Waals surface area contributed by atoms with Gasteiger partial charge in [0.05, 0.1) is 0 Å². The third kappa shape index (κ3) is 4.25. The van der Waals surface area contributed by atoms with Crippen LogP contribution in [0.2, 0.25) is 0 Å². The SMILES string of the molecule is Cc1cc(NCc2ccncc2)nc(NCc2ccccc2F)n1. The number of halogens is 1. The second kappa shape index (κ2) is 7.50. The first-order valence-electron chi connectivity index (χ1n) is 7.66.